The predicted molar refractivity (Wildman–Crippen MR) is 109 cm³/mol. The summed E-state index contributed by atoms with van der Waals surface area (Å²) in [6.07, 6.45) is 7.06. The Bertz CT molecular complexity index is 711. The van der Waals surface area contributed by atoms with E-state index in [0.29, 0.717) is 31.7 Å². The van der Waals surface area contributed by atoms with Crippen LogP contribution in [0.2, 0.25) is 0 Å². The van der Waals surface area contributed by atoms with Crippen LogP contribution in [0, 0.1) is 11.8 Å². The average Bonchev–Trinajstić information content (AvgIpc) is 3.22. The topological polar surface area (TPSA) is 91.4 Å². The van der Waals surface area contributed by atoms with Gasteiger partial charge in [-0.25, -0.2) is 4.98 Å². The third-order valence-electron chi connectivity index (χ3n) is 5.65. The van der Waals surface area contributed by atoms with Crippen molar-refractivity contribution < 1.29 is 14.4 Å². The first-order valence-electron chi connectivity index (χ1n) is 9.92. The smallest absolute Gasteiger partial charge is 0.245 e. The fourth-order valence-corrected chi connectivity index (χ4v) is 4.36. The third-order valence-corrected chi connectivity index (χ3v) is 6.12. The highest BCUT2D eigenvalue weighted by molar-refractivity contribution is 9.10. The number of aromatic nitrogens is 1. The number of rotatable bonds is 5. The lowest BCUT2D eigenvalue weighted by molar-refractivity contribution is -0.139. The Morgan fingerprint density at radius 3 is 2.39 bits per heavy atom. The molecular weight excluding hydrogens is 424 g/mol. The van der Waals surface area contributed by atoms with Crippen molar-refractivity contribution >= 4 is 39.5 Å². The van der Waals surface area contributed by atoms with Gasteiger partial charge in [0.15, 0.2) is 0 Å². The standard InChI is InChI=1S/C20H27BrN4O3/c1-13(26)23-18(14-4-2-3-5-14)20(28)25-10-8-15(9-11-25)19(27)24-17-7-6-16(21)12-22-17/h6-7,12,14-15,18H,2-5,8-11H2,1H3,(H,23,26)(H,22,24,27). The quantitative estimate of drug-likeness (QED) is 0.721. The average molecular weight is 451 g/mol. The molecule has 2 heterocycles. The van der Waals surface area contributed by atoms with Crippen molar-refractivity contribution in [3.8, 4) is 0 Å². The van der Waals surface area contributed by atoms with Crippen LogP contribution in [-0.2, 0) is 14.4 Å². The fourth-order valence-electron chi connectivity index (χ4n) is 4.13. The lowest BCUT2D eigenvalue weighted by Gasteiger charge is -2.35. The lowest BCUT2D eigenvalue weighted by Crippen LogP contribution is -2.53. The van der Waals surface area contributed by atoms with E-state index in [2.05, 4.69) is 31.5 Å². The minimum absolute atomic E-state index is 0.00413. The zero-order valence-corrected chi connectivity index (χ0v) is 17.7. The number of hydrogen-bond donors (Lipinski definition) is 2. The van der Waals surface area contributed by atoms with E-state index in [1.54, 1.807) is 17.2 Å². The van der Waals surface area contributed by atoms with Crippen LogP contribution in [-0.4, -0.2) is 46.7 Å². The molecule has 28 heavy (non-hydrogen) atoms. The highest BCUT2D eigenvalue weighted by atomic mass is 79.9. The van der Waals surface area contributed by atoms with Crippen LogP contribution in [0.5, 0.6) is 0 Å². The first-order chi connectivity index (χ1) is 13.4. The highest BCUT2D eigenvalue weighted by Crippen LogP contribution is 2.29. The molecule has 1 aromatic rings. The number of amides is 3. The van der Waals surface area contributed by atoms with Gasteiger partial charge < -0.3 is 15.5 Å². The van der Waals surface area contributed by atoms with E-state index in [1.807, 2.05) is 6.07 Å². The first-order valence-corrected chi connectivity index (χ1v) is 10.7. The van der Waals surface area contributed by atoms with Crippen molar-refractivity contribution in [2.24, 2.45) is 11.8 Å². The number of halogens is 1. The Balaban J connectivity index is 1.54. The monoisotopic (exact) mass is 450 g/mol. The van der Waals surface area contributed by atoms with Gasteiger partial charge in [-0.3, -0.25) is 14.4 Å². The molecule has 2 N–H and O–H groups in total. The molecule has 2 fully saturated rings. The summed E-state index contributed by atoms with van der Waals surface area (Å²) in [7, 11) is 0. The van der Waals surface area contributed by atoms with E-state index in [1.165, 1.54) is 6.92 Å². The summed E-state index contributed by atoms with van der Waals surface area (Å²) in [5.41, 5.74) is 0. The van der Waals surface area contributed by atoms with Gasteiger partial charge in [-0.15, -0.1) is 0 Å². The Hall–Kier alpha value is -1.96. The maximum absolute atomic E-state index is 13.0. The van der Waals surface area contributed by atoms with Gasteiger partial charge in [0.2, 0.25) is 17.7 Å². The second kappa shape index (κ2) is 9.49. The van der Waals surface area contributed by atoms with Crippen molar-refractivity contribution in [3.05, 3.63) is 22.8 Å². The molecule has 3 amide bonds. The molecule has 3 rings (SSSR count). The van der Waals surface area contributed by atoms with E-state index in [4.69, 9.17) is 0 Å². The highest BCUT2D eigenvalue weighted by Gasteiger charge is 2.36. The van der Waals surface area contributed by atoms with Gasteiger partial charge in [0.05, 0.1) is 0 Å². The predicted octanol–water partition coefficient (Wildman–Crippen LogP) is 2.72. The molecule has 8 heteroatoms. The zero-order chi connectivity index (χ0) is 20.1. The Morgan fingerprint density at radius 1 is 1.14 bits per heavy atom. The van der Waals surface area contributed by atoms with E-state index in [-0.39, 0.29) is 29.6 Å². The SMILES string of the molecule is CC(=O)NC(C(=O)N1CCC(C(=O)Nc2ccc(Br)cn2)CC1)C1CCCC1. The molecular formula is C20H27BrN4O3. The van der Waals surface area contributed by atoms with Crippen molar-refractivity contribution in [2.75, 3.05) is 18.4 Å². The van der Waals surface area contributed by atoms with Gasteiger partial charge in [-0.05, 0) is 59.7 Å². The number of piperidine rings is 1. The van der Waals surface area contributed by atoms with Crippen molar-refractivity contribution in [3.63, 3.8) is 0 Å². The number of pyridine rings is 1. The maximum Gasteiger partial charge on any atom is 0.245 e. The van der Waals surface area contributed by atoms with Gasteiger partial charge in [0.1, 0.15) is 11.9 Å². The lowest BCUT2D eigenvalue weighted by atomic mass is 9.92. The summed E-state index contributed by atoms with van der Waals surface area (Å²) >= 11 is 3.32. The Labute approximate surface area is 173 Å². The number of hydrogen-bond acceptors (Lipinski definition) is 4. The molecule has 0 spiro atoms. The number of anilines is 1. The van der Waals surface area contributed by atoms with Crippen LogP contribution in [0.4, 0.5) is 5.82 Å². The van der Waals surface area contributed by atoms with Crippen molar-refractivity contribution in [1.82, 2.24) is 15.2 Å². The van der Waals surface area contributed by atoms with Crippen LogP contribution in [0.15, 0.2) is 22.8 Å². The summed E-state index contributed by atoms with van der Waals surface area (Å²) < 4.78 is 0.855. The molecule has 0 aromatic carbocycles. The zero-order valence-electron chi connectivity index (χ0n) is 16.1. The molecule has 1 aliphatic carbocycles. The molecule has 0 radical (unpaired) electrons. The normalized spacial score (nSPS) is 19.3. The van der Waals surface area contributed by atoms with E-state index < -0.39 is 6.04 Å². The molecule has 1 aliphatic heterocycles. The number of carbonyl (C=O) groups excluding carboxylic acids is 3. The largest absolute Gasteiger partial charge is 0.344 e. The minimum atomic E-state index is -0.433. The van der Waals surface area contributed by atoms with Gasteiger partial charge in [-0.2, -0.15) is 0 Å². The van der Waals surface area contributed by atoms with Crippen LogP contribution < -0.4 is 10.6 Å². The molecule has 1 aromatic heterocycles. The molecule has 1 saturated heterocycles. The van der Waals surface area contributed by atoms with Crippen LogP contribution in [0.1, 0.15) is 45.4 Å². The van der Waals surface area contributed by atoms with Crippen molar-refractivity contribution in [1.29, 1.82) is 0 Å². The number of nitrogens with zero attached hydrogens (tertiary/aromatic N) is 2. The van der Waals surface area contributed by atoms with Gasteiger partial charge in [-0.1, -0.05) is 12.8 Å². The minimum Gasteiger partial charge on any atom is -0.344 e. The third kappa shape index (κ3) is 5.31. The van der Waals surface area contributed by atoms with Crippen LogP contribution >= 0.6 is 15.9 Å². The van der Waals surface area contributed by atoms with Crippen molar-refractivity contribution in [2.45, 2.75) is 51.5 Å². The van der Waals surface area contributed by atoms with Gasteiger partial charge in [0, 0.05) is 36.6 Å². The first kappa shape index (κ1) is 20.8. The van der Waals surface area contributed by atoms with E-state index >= 15 is 0 Å². The molecule has 7 nitrogen and oxygen atoms in total. The van der Waals surface area contributed by atoms with E-state index in [0.717, 1.165) is 30.2 Å². The van der Waals surface area contributed by atoms with Crippen LogP contribution in [0.3, 0.4) is 0 Å². The summed E-state index contributed by atoms with van der Waals surface area (Å²) in [5, 5.41) is 5.71. The molecule has 1 unspecified atom stereocenters. The number of likely N-dealkylation sites (tertiary alicyclic amines) is 1. The second-order valence-electron chi connectivity index (χ2n) is 7.67. The molecule has 1 saturated carbocycles. The summed E-state index contributed by atoms with van der Waals surface area (Å²) in [4.78, 5) is 43.1. The Morgan fingerprint density at radius 2 is 1.82 bits per heavy atom. The Kier molecular flexibility index (Phi) is 7.04. The molecule has 152 valence electrons. The molecule has 0 bridgehead atoms. The summed E-state index contributed by atoms with van der Waals surface area (Å²) in [6.45, 7) is 2.53. The van der Waals surface area contributed by atoms with E-state index in [9.17, 15) is 14.4 Å². The van der Waals surface area contributed by atoms with Gasteiger partial charge >= 0.3 is 0 Å². The molecule has 1 atom stereocenters. The number of carbonyl (C=O) groups is 3. The van der Waals surface area contributed by atoms with Gasteiger partial charge in [0.25, 0.3) is 0 Å². The second-order valence-corrected chi connectivity index (χ2v) is 8.59. The number of nitrogens with one attached hydrogen (secondary N) is 2. The molecule has 2 aliphatic rings. The maximum atomic E-state index is 13.0. The fraction of sp³-hybridized carbons (Fsp3) is 0.600. The van der Waals surface area contributed by atoms with Crippen LogP contribution in [0.25, 0.3) is 0 Å². The summed E-state index contributed by atoms with van der Waals surface area (Å²) in [6, 6.07) is 3.15. The summed E-state index contributed by atoms with van der Waals surface area (Å²) in [5.74, 6) is 0.382.